The molecule has 0 bridgehead atoms. The quantitative estimate of drug-likeness (QED) is 0.786. The molecule has 0 amide bonds. The monoisotopic (exact) mass is 192 g/mol. The number of rotatable bonds is 3. The zero-order valence-electron chi connectivity index (χ0n) is 8.32. The van der Waals surface area contributed by atoms with Crippen LogP contribution >= 0.6 is 0 Å². The standard InChI is InChI=1S/C10H16N4/c11-6-9-10(7-4-5-7)14(13-12-9)8-2-1-3-8/h7-8H,1-6,11H2. The van der Waals surface area contributed by atoms with Gasteiger partial charge in [0, 0.05) is 12.5 Å². The highest BCUT2D eigenvalue weighted by Crippen LogP contribution is 2.44. The third kappa shape index (κ3) is 1.17. The molecule has 2 fully saturated rings. The van der Waals surface area contributed by atoms with E-state index in [4.69, 9.17) is 5.73 Å². The fraction of sp³-hybridized carbons (Fsp3) is 0.800. The average molecular weight is 192 g/mol. The van der Waals surface area contributed by atoms with Crippen LogP contribution in [-0.2, 0) is 6.54 Å². The lowest BCUT2D eigenvalue weighted by atomic mass is 9.93. The van der Waals surface area contributed by atoms with E-state index in [0.29, 0.717) is 18.5 Å². The largest absolute Gasteiger partial charge is 0.325 e. The van der Waals surface area contributed by atoms with Crippen molar-refractivity contribution < 1.29 is 0 Å². The molecular weight excluding hydrogens is 176 g/mol. The molecule has 0 unspecified atom stereocenters. The van der Waals surface area contributed by atoms with Crippen molar-refractivity contribution in [3.63, 3.8) is 0 Å². The summed E-state index contributed by atoms with van der Waals surface area (Å²) in [6, 6.07) is 0.624. The molecule has 3 rings (SSSR count). The molecule has 0 atom stereocenters. The fourth-order valence-corrected chi connectivity index (χ4v) is 2.16. The second-order valence-corrected chi connectivity index (χ2v) is 4.43. The highest BCUT2D eigenvalue weighted by atomic mass is 15.4. The van der Waals surface area contributed by atoms with Gasteiger partial charge in [0.2, 0.25) is 0 Å². The molecule has 0 spiro atoms. The topological polar surface area (TPSA) is 56.7 Å². The molecule has 0 aromatic carbocycles. The Morgan fingerprint density at radius 1 is 1.29 bits per heavy atom. The summed E-state index contributed by atoms with van der Waals surface area (Å²) < 4.78 is 2.16. The molecule has 76 valence electrons. The summed E-state index contributed by atoms with van der Waals surface area (Å²) in [4.78, 5) is 0. The minimum Gasteiger partial charge on any atom is -0.325 e. The Morgan fingerprint density at radius 2 is 2.07 bits per heavy atom. The maximum Gasteiger partial charge on any atom is 0.0997 e. The Hall–Kier alpha value is -0.900. The predicted octanol–water partition coefficient (Wildman–Crippen LogP) is 1.34. The van der Waals surface area contributed by atoms with Crippen LogP contribution < -0.4 is 5.73 Å². The van der Waals surface area contributed by atoms with E-state index in [1.165, 1.54) is 37.8 Å². The van der Waals surface area contributed by atoms with Crippen molar-refractivity contribution in [2.24, 2.45) is 5.73 Å². The molecule has 14 heavy (non-hydrogen) atoms. The van der Waals surface area contributed by atoms with Gasteiger partial charge in [-0.1, -0.05) is 5.21 Å². The highest BCUT2D eigenvalue weighted by Gasteiger charge is 2.34. The van der Waals surface area contributed by atoms with Crippen LogP contribution in [0.25, 0.3) is 0 Å². The van der Waals surface area contributed by atoms with Crippen LogP contribution in [0.5, 0.6) is 0 Å². The second kappa shape index (κ2) is 3.05. The van der Waals surface area contributed by atoms with Crippen molar-refractivity contribution in [2.75, 3.05) is 0 Å². The van der Waals surface area contributed by atoms with E-state index in [9.17, 15) is 0 Å². The third-order valence-corrected chi connectivity index (χ3v) is 3.38. The van der Waals surface area contributed by atoms with Gasteiger partial charge in [-0.3, -0.25) is 0 Å². The van der Waals surface area contributed by atoms with Gasteiger partial charge in [0.15, 0.2) is 0 Å². The van der Waals surface area contributed by atoms with E-state index in [2.05, 4.69) is 15.0 Å². The van der Waals surface area contributed by atoms with Crippen LogP contribution in [-0.4, -0.2) is 15.0 Å². The van der Waals surface area contributed by atoms with Crippen LogP contribution in [0, 0.1) is 0 Å². The Bertz CT molecular complexity index is 336. The van der Waals surface area contributed by atoms with Gasteiger partial charge < -0.3 is 5.73 Å². The van der Waals surface area contributed by atoms with Crippen molar-refractivity contribution in [3.05, 3.63) is 11.4 Å². The Morgan fingerprint density at radius 3 is 2.57 bits per heavy atom. The van der Waals surface area contributed by atoms with E-state index in [1.54, 1.807) is 0 Å². The highest BCUT2D eigenvalue weighted by molar-refractivity contribution is 5.21. The molecule has 4 nitrogen and oxygen atoms in total. The molecule has 1 heterocycles. The number of aromatic nitrogens is 3. The molecule has 1 aromatic rings. The van der Waals surface area contributed by atoms with Crippen molar-refractivity contribution in [1.29, 1.82) is 0 Å². The SMILES string of the molecule is NCc1nnn(C2CCC2)c1C1CC1. The first-order chi connectivity index (χ1) is 6.90. The maximum absolute atomic E-state index is 5.67. The molecule has 0 radical (unpaired) electrons. The van der Waals surface area contributed by atoms with Crippen molar-refractivity contribution in [3.8, 4) is 0 Å². The van der Waals surface area contributed by atoms with Gasteiger partial charge >= 0.3 is 0 Å². The van der Waals surface area contributed by atoms with Crippen molar-refractivity contribution >= 4 is 0 Å². The first kappa shape index (κ1) is 8.41. The molecular formula is C10H16N4. The van der Waals surface area contributed by atoms with Gasteiger partial charge in [-0.05, 0) is 32.1 Å². The van der Waals surface area contributed by atoms with Gasteiger partial charge in [0.1, 0.15) is 0 Å². The molecule has 1 aromatic heterocycles. The van der Waals surface area contributed by atoms with Gasteiger partial charge in [0.05, 0.1) is 17.4 Å². The normalized spacial score (nSPS) is 22.4. The summed E-state index contributed by atoms with van der Waals surface area (Å²) in [6.45, 7) is 0.540. The molecule has 0 aliphatic heterocycles. The van der Waals surface area contributed by atoms with Gasteiger partial charge in [0.25, 0.3) is 0 Å². The molecule has 2 aliphatic carbocycles. The summed E-state index contributed by atoms with van der Waals surface area (Å²) in [5.74, 6) is 0.712. The number of hydrogen-bond acceptors (Lipinski definition) is 3. The Labute approximate surface area is 83.5 Å². The summed E-state index contributed by atoms with van der Waals surface area (Å²) >= 11 is 0. The van der Waals surface area contributed by atoms with E-state index >= 15 is 0 Å². The van der Waals surface area contributed by atoms with Crippen molar-refractivity contribution in [2.45, 2.75) is 50.6 Å². The maximum atomic E-state index is 5.67. The van der Waals surface area contributed by atoms with Crippen LogP contribution in [0.3, 0.4) is 0 Å². The lowest BCUT2D eigenvalue weighted by Crippen LogP contribution is -2.20. The van der Waals surface area contributed by atoms with Crippen LogP contribution in [0.4, 0.5) is 0 Å². The molecule has 0 saturated heterocycles. The number of nitrogens with two attached hydrogens (primary N) is 1. The average Bonchev–Trinajstić information content (AvgIpc) is 2.86. The first-order valence-corrected chi connectivity index (χ1v) is 5.54. The molecule has 2 saturated carbocycles. The summed E-state index contributed by atoms with van der Waals surface area (Å²) in [6.07, 6.45) is 6.48. The van der Waals surface area contributed by atoms with Crippen LogP contribution in [0.15, 0.2) is 0 Å². The summed E-state index contributed by atoms with van der Waals surface area (Å²) in [7, 11) is 0. The van der Waals surface area contributed by atoms with E-state index in [0.717, 1.165) is 5.69 Å². The van der Waals surface area contributed by atoms with Gasteiger partial charge in [-0.2, -0.15) is 0 Å². The third-order valence-electron chi connectivity index (χ3n) is 3.38. The van der Waals surface area contributed by atoms with Crippen molar-refractivity contribution in [1.82, 2.24) is 15.0 Å². The smallest absolute Gasteiger partial charge is 0.0997 e. The van der Waals surface area contributed by atoms with E-state index in [1.807, 2.05) is 0 Å². The zero-order chi connectivity index (χ0) is 9.54. The zero-order valence-corrected chi connectivity index (χ0v) is 8.32. The lowest BCUT2D eigenvalue weighted by molar-refractivity contribution is 0.277. The second-order valence-electron chi connectivity index (χ2n) is 4.43. The van der Waals surface area contributed by atoms with E-state index < -0.39 is 0 Å². The predicted molar refractivity (Wildman–Crippen MR) is 52.8 cm³/mol. The Balaban J connectivity index is 1.96. The summed E-state index contributed by atoms with van der Waals surface area (Å²) in [5, 5.41) is 8.44. The van der Waals surface area contributed by atoms with Gasteiger partial charge in [-0.15, -0.1) is 5.10 Å². The first-order valence-electron chi connectivity index (χ1n) is 5.54. The molecule has 4 heteroatoms. The number of hydrogen-bond donors (Lipinski definition) is 1. The van der Waals surface area contributed by atoms with Crippen LogP contribution in [0.1, 0.15) is 55.5 Å². The van der Waals surface area contributed by atoms with Gasteiger partial charge in [-0.25, -0.2) is 4.68 Å². The lowest BCUT2D eigenvalue weighted by Gasteiger charge is -2.26. The summed E-state index contributed by atoms with van der Waals surface area (Å²) in [5.41, 5.74) is 8.05. The molecule has 2 aliphatic rings. The molecule has 2 N–H and O–H groups in total. The minimum atomic E-state index is 0.540. The number of nitrogens with zero attached hydrogens (tertiary/aromatic N) is 3. The Kier molecular flexibility index (Phi) is 1.83. The minimum absolute atomic E-state index is 0.540. The van der Waals surface area contributed by atoms with E-state index in [-0.39, 0.29) is 0 Å². The van der Waals surface area contributed by atoms with Crippen LogP contribution in [0.2, 0.25) is 0 Å². The fourth-order valence-electron chi connectivity index (χ4n) is 2.16.